The maximum atomic E-state index is 14.0. The zero-order chi connectivity index (χ0) is 89.6. The summed E-state index contributed by atoms with van der Waals surface area (Å²) in [6, 6.07) is 46.2. The Labute approximate surface area is 728 Å². The van der Waals surface area contributed by atoms with Gasteiger partial charge in [0.15, 0.2) is 57.0 Å². The highest BCUT2D eigenvalue weighted by molar-refractivity contribution is 5.67. The fraction of sp³-hybridized carbons (Fsp3) is 0.176. The van der Waals surface area contributed by atoms with Crippen molar-refractivity contribution >= 4 is 86.4 Å². The van der Waals surface area contributed by atoms with Gasteiger partial charge in [0, 0.05) is 82.7 Å². The van der Waals surface area contributed by atoms with E-state index in [9.17, 15) is 8.78 Å². The molecule has 0 bridgehead atoms. The summed E-state index contributed by atoms with van der Waals surface area (Å²) in [4.78, 5) is 43.1. The van der Waals surface area contributed by atoms with Crippen molar-refractivity contribution in [2.75, 3.05) is 57.3 Å². The molecule has 0 atom stereocenters. The lowest BCUT2D eigenvalue weighted by molar-refractivity contribution is 0.541. The van der Waals surface area contributed by atoms with Gasteiger partial charge in [0.05, 0.1) is 36.2 Å². The third-order valence-electron chi connectivity index (χ3n) is 21.1. The molecule has 0 spiro atoms. The van der Waals surface area contributed by atoms with E-state index < -0.39 is 5.82 Å². The number of furan rings is 5. The molecule has 15 heterocycles. The summed E-state index contributed by atoms with van der Waals surface area (Å²) in [6.07, 6.45) is 12.1. The Morgan fingerprint density at radius 3 is 1.12 bits per heavy atom. The maximum Gasteiger partial charge on any atom is 0.224 e. The number of anilines is 10. The highest BCUT2D eigenvalue weighted by Gasteiger charge is 2.28. The maximum absolute atomic E-state index is 14.0. The van der Waals surface area contributed by atoms with Crippen LogP contribution in [0.1, 0.15) is 126 Å². The van der Waals surface area contributed by atoms with Crippen LogP contribution in [-0.2, 0) is 32.1 Å². The summed E-state index contributed by atoms with van der Waals surface area (Å²) in [7, 11) is 0. The summed E-state index contributed by atoms with van der Waals surface area (Å²) in [5, 5.41) is 22.2. The van der Waals surface area contributed by atoms with Crippen molar-refractivity contribution in [2.24, 2.45) is 0 Å². The molecule has 5 aromatic carbocycles. The first-order chi connectivity index (χ1) is 61.5. The van der Waals surface area contributed by atoms with Crippen LogP contribution >= 0.6 is 0 Å². The second kappa shape index (κ2) is 34.4. The topological polar surface area (TPSA) is 541 Å². The number of hydrogen-bond acceptors (Lipinski definition) is 30. The smallest absolute Gasteiger partial charge is 0.224 e. The van der Waals surface area contributed by atoms with Gasteiger partial charge in [-0.1, -0.05) is 36.4 Å². The quantitative estimate of drug-likeness (QED) is 0.0402. The highest BCUT2D eigenvalue weighted by atomic mass is 19.1. The fourth-order valence-corrected chi connectivity index (χ4v) is 15.0. The van der Waals surface area contributed by atoms with E-state index in [1.54, 1.807) is 61.8 Å². The van der Waals surface area contributed by atoms with Gasteiger partial charge < -0.3 is 79.4 Å². The molecule has 1 fully saturated rings. The molecule has 128 heavy (non-hydrogen) atoms. The molecule has 0 aliphatic heterocycles. The second-order valence-electron chi connectivity index (χ2n) is 31.3. The Kier molecular flexibility index (Phi) is 22.4. The molecular formula is C91H88F2N30O5. The van der Waals surface area contributed by atoms with E-state index in [4.69, 9.17) is 79.4 Å². The predicted molar refractivity (Wildman–Crippen MR) is 483 cm³/mol. The first-order valence-electron chi connectivity index (χ1n) is 40.6. The van der Waals surface area contributed by atoms with E-state index >= 15 is 0 Å². The number of rotatable bonds is 16. The molecular weight excluding hydrogens is 1630 g/mol. The number of benzene rings is 5. The molecule has 0 unspecified atom stereocenters. The third kappa shape index (κ3) is 17.9. The number of nitrogen functional groups attached to an aromatic ring is 10. The van der Waals surface area contributed by atoms with Gasteiger partial charge in [0.25, 0.3) is 0 Å². The fourth-order valence-electron chi connectivity index (χ4n) is 15.0. The number of hydrogen-bond donors (Lipinski definition) is 10. The van der Waals surface area contributed by atoms with Crippen LogP contribution < -0.4 is 57.3 Å². The van der Waals surface area contributed by atoms with Crippen molar-refractivity contribution in [3.8, 4) is 57.9 Å². The highest BCUT2D eigenvalue weighted by Crippen LogP contribution is 2.43. The largest absolute Gasteiger partial charge is 0.458 e. The van der Waals surface area contributed by atoms with E-state index in [-0.39, 0.29) is 47.7 Å². The van der Waals surface area contributed by atoms with Gasteiger partial charge in [-0.2, -0.15) is 97.9 Å². The standard InChI is InChI=1S/C20H20N6O.C18H17FN6O.2C18H18N6O.C17H15FN6O/c1-11-2-7-17(27-11)19-25-20(22)24-18-14(10-23-26(18)19)8-12-3-6-16(21)15(9-12)13-4-5-13;1-9-5-11(7-13(19)15(9)20)6-12-8-22-25-16(12)23-18(21)24-17(25)14-4-3-10(2)26-14;1-10-5-12(8-14(19)6-10)7-13-9-21-24-16(13)22-18(20)23-17(24)15-4-3-11(2)25-15;1-10-6-7-15(25-10)17-22-18(20)21-16-14(11(2)23-24(16)17)9-12-4-3-5-13(19)8-12;1-9-2-5-14(25-9)16-23-17(20)22-15-11(8-21-24(15)16)6-10-7-12(19)3-4-13(10)18/h2-3,6-7,9-10,13H,4-5,8,21H2,1H3,(H2,22,24);3-5,7-8H,6,20H2,1-2H3,(H2,21,23);3-6,8-9H,7,19H2,1-2H3,(H2,20,22);3-8H,9,19H2,1-2H3,(H2,20,21);2-5,7-8H,6,19H2,1H3,(H2,20,22). The SMILES string of the molecule is Cc1cc(N)cc(Cc2cnn3c(-c4ccc(C)o4)nc(N)nc23)c1.Cc1ccc(-c2nc(N)nc3c(Cc4cc(C)c(N)c(F)c4)cnn23)o1.Cc1ccc(-c2nc(N)nc3c(Cc4cc(N)ccc4F)cnn23)o1.Cc1ccc(-c2nc(N)nc3c(Cc4ccc(N)c(C5CC5)c4)cnn23)o1.Cc1ccc(-c2nc(N)nc3c(Cc4cccc(N)c4)c(C)nn23)o1. The van der Waals surface area contributed by atoms with E-state index in [2.05, 4.69) is 93.5 Å². The number of aryl methyl sites for hydroxylation is 8. The first kappa shape index (κ1) is 83.4. The van der Waals surface area contributed by atoms with Gasteiger partial charge in [-0.05, 0) is 234 Å². The van der Waals surface area contributed by atoms with Crippen molar-refractivity contribution in [3.63, 3.8) is 0 Å². The van der Waals surface area contributed by atoms with Gasteiger partial charge in [0.1, 0.15) is 40.4 Å². The molecule has 646 valence electrons. The third-order valence-corrected chi connectivity index (χ3v) is 21.1. The second-order valence-corrected chi connectivity index (χ2v) is 31.3. The zero-order valence-corrected chi connectivity index (χ0v) is 70.8. The lowest BCUT2D eigenvalue weighted by atomic mass is 10.0. The molecule has 21 rings (SSSR count). The Morgan fingerprint density at radius 1 is 0.328 bits per heavy atom. The average Bonchev–Trinajstić information content (AvgIpc) is 1.62. The van der Waals surface area contributed by atoms with Gasteiger partial charge in [0.2, 0.25) is 58.9 Å². The van der Waals surface area contributed by atoms with E-state index in [0.29, 0.717) is 140 Å². The molecule has 1 aliphatic rings. The van der Waals surface area contributed by atoms with E-state index in [1.165, 1.54) is 46.7 Å². The lowest BCUT2D eigenvalue weighted by Gasteiger charge is -2.08. The molecule has 1 aliphatic carbocycles. The summed E-state index contributed by atoms with van der Waals surface area (Å²) in [6.45, 7) is 15.1. The normalized spacial score (nSPS) is 11.9. The number of nitrogens with zero attached hydrogens (tertiary/aromatic N) is 20. The Hall–Kier alpha value is -16.9. The first-order valence-corrected chi connectivity index (χ1v) is 40.6. The molecule has 0 saturated heterocycles. The molecule has 15 aromatic heterocycles. The monoisotopic (exact) mass is 1720 g/mol. The van der Waals surface area contributed by atoms with Gasteiger partial charge in [-0.15, -0.1) is 0 Å². The average molecular weight is 1720 g/mol. The Bertz CT molecular complexity index is 7540. The van der Waals surface area contributed by atoms with Crippen molar-refractivity contribution in [1.29, 1.82) is 0 Å². The van der Waals surface area contributed by atoms with Crippen LogP contribution in [0, 0.1) is 67.0 Å². The summed E-state index contributed by atoms with van der Waals surface area (Å²) < 4.78 is 64.4. The lowest BCUT2D eigenvalue weighted by Crippen LogP contribution is -2.05. The predicted octanol–water partition coefficient (Wildman–Crippen LogP) is 14.3. The van der Waals surface area contributed by atoms with Gasteiger partial charge in [-0.3, -0.25) is 0 Å². The van der Waals surface area contributed by atoms with Crippen LogP contribution in [0.25, 0.3) is 86.2 Å². The van der Waals surface area contributed by atoms with Crippen molar-refractivity contribution < 1.29 is 30.9 Å². The Balaban J connectivity index is 0.000000113. The van der Waals surface area contributed by atoms with Crippen molar-refractivity contribution in [3.05, 3.63) is 295 Å². The number of fused-ring (bicyclic) bond motifs is 5. The molecule has 35 nitrogen and oxygen atoms in total. The molecule has 37 heteroatoms. The van der Waals surface area contributed by atoms with Crippen LogP contribution in [0.2, 0.25) is 0 Å². The van der Waals surface area contributed by atoms with Crippen molar-refractivity contribution in [2.45, 2.75) is 106 Å². The van der Waals surface area contributed by atoms with Crippen LogP contribution in [0.3, 0.4) is 0 Å². The minimum absolute atomic E-state index is 0.0892. The van der Waals surface area contributed by atoms with Gasteiger partial charge >= 0.3 is 0 Å². The minimum atomic E-state index is -0.433. The van der Waals surface area contributed by atoms with Crippen molar-refractivity contribution in [1.82, 2.24) is 97.9 Å². The summed E-state index contributed by atoms with van der Waals surface area (Å²) in [5.41, 5.74) is 78.0. The number of halogens is 2. The molecule has 20 aromatic rings. The van der Waals surface area contributed by atoms with Crippen LogP contribution in [0.5, 0.6) is 0 Å². The summed E-state index contributed by atoms with van der Waals surface area (Å²) in [5.74, 6) is 9.93. The molecule has 1 saturated carbocycles. The molecule has 0 amide bonds. The summed E-state index contributed by atoms with van der Waals surface area (Å²) >= 11 is 0. The van der Waals surface area contributed by atoms with E-state index in [1.807, 2.05) is 152 Å². The minimum Gasteiger partial charge on any atom is -0.458 e. The molecule has 20 N–H and O–H groups in total. The number of nitrogens with two attached hydrogens (primary N) is 10. The number of aromatic nitrogens is 20. The van der Waals surface area contributed by atoms with Crippen LogP contribution in [0.15, 0.2) is 199 Å². The molecule has 0 radical (unpaired) electrons. The zero-order valence-electron chi connectivity index (χ0n) is 70.8. The van der Waals surface area contributed by atoms with E-state index in [0.717, 1.165) is 96.1 Å². The van der Waals surface area contributed by atoms with Crippen LogP contribution in [-0.4, -0.2) is 97.9 Å². The Morgan fingerprint density at radius 2 is 0.719 bits per heavy atom. The van der Waals surface area contributed by atoms with Gasteiger partial charge in [-0.25, -0.2) is 8.78 Å². The van der Waals surface area contributed by atoms with Crippen LogP contribution in [0.4, 0.5) is 67.0 Å².